The van der Waals surface area contributed by atoms with Crippen molar-refractivity contribution >= 4 is 5.97 Å². The quantitative estimate of drug-likeness (QED) is 0.462. The SMILES string of the molecule is C=CCCC(O)CN(CC(=O)O)CC(O)CCC=C. The van der Waals surface area contributed by atoms with E-state index in [1.54, 1.807) is 17.1 Å². The van der Waals surface area contributed by atoms with Crippen molar-refractivity contribution in [1.29, 1.82) is 0 Å². The monoisotopic (exact) mass is 271 g/mol. The summed E-state index contributed by atoms with van der Waals surface area (Å²) >= 11 is 0. The molecule has 19 heavy (non-hydrogen) atoms. The van der Waals surface area contributed by atoms with Crippen LogP contribution >= 0.6 is 0 Å². The van der Waals surface area contributed by atoms with E-state index < -0.39 is 18.2 Å². The number of hydrogen-bond donors (Lipinski definition) is 3. The molecule has 0 amide bonds. The van der Waals surface area contributed by atoms with Crippen molar-refractivity contribution in [2.75, 3.05) is 19.6 Å². The van der Waals surface area contributed by atoms with Crippen molar-refractivity contribution in [2.45, 2.75) is 37.9 Å². The van der Waals surface area contributed by atoms with Gasteiger partial charge in [0, 0.05) is 13.1 Å². The molecule has 2 atom stereocenters. The Labute approximate surface area is 114 Å². The minimum absolute atomic E-state index is 0.184. The van der Waals surface area contributed by atoms with Gasteiger partial charge in [-0.15, -0.1) is 13.2 Å². The van der Waals surface area contributed by atoms with Crippen molar-refractivity contribution in [3.05, 3.63) is 25.3 Å². The first-order valence-electron chi connectivity index (χ1n) is 6.51. The van der Waals surface area contributed by atoms with Crippen molar-refractivity contribution in [2.24, 2.45) is 0 Å². The van der Waals surface area contributed by atoms with Crippen LogP contribution in [0.3, 0.4) is 0 Å². The molecular formula is C14H25NO4. The lowest BCUT2D eigenvalue weighted by molar-refractivity contribution is -0.139. The maximum Gasteiger partial charge on any atom is 0.317 e. The molecule has 0 aliphatic rings. The van der Waals surface area contributed by atoms with E-state index in [1.807, 2.05) is 0 Å². The van der Waals surface area contributed by atoms with Gasteiger partial charge in [0.1, 0.15) is 0 Å². The van der Waals surface area contributed by atoms with Crippen molar-refractivity contribution in [3.63, 3.8) is 0 Å². The fraction of sp³-hybridized carbons (Fsp3) is 0.643. The van der Waals surface area contributed by atoms with Crippen LogP contribution in [0.4, 0.5) is 0 Å². The van der Waals surface area contributed by atoms with Gasteiger partial charge in [-0.05, 0) is 25.7 Å². The molecule has 0 saturated heterocycles. The van der Waals surface area contributed by atoms with E-state index in [2.05, 4.69) is 13.2 Å². The van der Waals surface area contributed by atoms with Crippen LogP contribution in [0.25, 0.3) is 0 Å². The predicted molar refractivity (Wildman–Crippen MR) is 75.0 cm³/mol. The van der Waals surface area contributed by atoms with Crippen LogP contribution in [-0.4, -0.2) is 58.0 Å². The zero-order chi connectivity index (χ0) is 14.7. The standard InChI is InChI=1S/C14H25NO4/c1-3-5-7-12(16)9-15(11-14(18)19)10-13(17)8-6-4-2/h3-4,12-13,16-17H,1-2,5-11H2,(H,18,19). The van der Waals surface area contributed by atoms with E-state index in [1.165, 1.54) is 0 Å². The summed E-state index contributed by atoms with van der Waals surface area (Å²) in [6, 6.07) is 0. The number of carboxylic acid groups (broad SMARTS) is 1. The van der Waals surface area contributed by atoms with Crippen LogP contribution in [0.1, 0.15) is 25.7 Å². The smallest absolute Gasteiger partial charge is 0.317 e. The van der Waals surface area contributed by atoms with Gasteiger partial charge in [0.05, 0.1) is 18.8 Å². The summed E-state index contributed by atoms with van der Waals surface area (Å²) in [5.41, 5.74) is 0. The third-order valence-corrected chi connectivity index (χ3v) is 2.70. The molecule has 0 spiro atoms. The molecule has 0 aromatic carbocycles. The van der Waals surface area contributed by atoms with Gasteiger partial charge >= 0.3 is 5.97 Å². The number of carbonyl (C=O) groups is 1. The van der Waals surface area contributed by atoms with Gasteiger partial charge in [-0.2, -0.15) is 0 Å². The number of aliphatic carboxylic acids is 1. The molecule has 0 aromatic rings. The van der Waals surface area contributed by atoms with Gasteiger partial charge in [-0.25, -0.2) is 0 Å². The Morgan fingerprint density at radius 3 is 1.79 bits per heavy atom. The average molecular weight is 271 g/mol. The minimum Gasteiger partial charge on any atom is -0.480 e. The summed E-state index contributed by atoms with van der Waals surface area (Å²) < 4.78 is 0. The first-order valence-corrected chi connectivity index (χ1v) is 6.51. The van der Waals surface area contributed by atoms with Crippen LogP contribution in [0.5, 0.6) is 0 Å². The maximum atomic E-state index is 10.8. The second-order valence-electron chi connectivity index (χ2n) is 4.63. The number of hydrogen-bond acceptors (Lipinski definition) is 4. The van der Waals surface area contributed by atoms with E-state index in [-0.39, 0.29) is 19.6 Å². The number of nitrogens with zero attached hydrogens (tertiary/aromatic N) is 1. The minimum atomic E-state index is -0.966. The number of allylic oxidation sites excluding steroid dienone is 2. The Bertz CT molecular complexity index is 261. The molecule has 110 valence electrons. The van der Waals surface area contributed by atoms with Gasteiger partial charge in [0.25, 0.3) is 0 Å². The van der Waals surface area contributed by atoms with E-state index in [9.17, 15) is 15.0 Å². The van der Waals surface area contributed by atoms with Crippen molar-refractivity contribution in [1.82, 2.24) is 4.90 Å². The predicted octanol–water partition coefficient (Wildman–Crippen LogP) is 1.03. The molecule has 5 heteroatoms. The molecule has 0 aliphatic heterocycles. The molecule has 0 aromatic heterocycles. The highest BCUT2D eigenvalue weighted by molar-refractivity contribution is 5.69. The van der Waals surface area contributed by atoms with Crippen LogP contribution in [0.2, 0.25) is 0 Å². The van der Waals surface area contributed by atoms with Crippen molar-refractivity contribution < 1.29 is 20.1 Å². The Morgan fingerprint density at radius 1 is 1.05 bits per heavy atom. The molecule has 0 heterocycles. The van der Waals surface area contributed by atoms with Gasteiger partial charge in [-0.1, -0.05) is 12.2 Å². The van der Waals surface area contributed by atoms with Gasteiger partial charge < -0.3 is 15.3 Å². The molecule has 0 aliphatic carbocycles. The molecule has 0 saturated carbocycles. The third kappa shape index (κ3) is 10.4. The van der Waals surface area contributed by atoms with Crippen LogP contribution < -0.4 is 0 Å². The lowest BCUT2D eigenvalue weighted by Crippen LogP contribution is -2.41. The number of aliphatic hydroxyl groups is 2. The normalized spacial score (nSPS) is 14.1. The first kappa shape index (κ1) is 17.8. The zero-order valence-corrected chi connectivity index (χ0v) is 11.4. The Morgan fingerprint density at radius 2 is 1.47 bits per heavy atom. The number of rotatable bonds is 12. The molecular weight excluding hydrogens is 246 g/mol. The van der Waals surface area contributed by atoms with Crippen LogP contribution in [-0.2, 0) is 4.79 Å². The summed E-state index contributed by atoms with van der Waals surface area (Å²) in [5, 5.41) is 28.4. The first-order chi connectivity index (χ1) is 8.99. The second-order valence-corrected chi connectivity index (χ2v) is 4.63. The fourth-order valence-corrected chi connectivity index (χ4v) is 1.79. The van der Waals surface area contributed by atoms with Gasteiger partial charge in [0.15, 0.2) is 0 Å². The molecule has 5 nitrogen and oxygen atoms in total. The highest BCUT2D eigenvalue weighted by Gasteiger charge is 2.17. The maximum absolute atomic E-state index is 10.8. The summed E-state index contributed by atoms with van der Waals surface area (Å²) in [6.07, 6.45) is 4.66. The molecule has 0 fully saturated rings. The number of carboxylic acids is 1. The van der Waals surface area contributed by atoms with Crippen LogP contribution in [0, 0.1) is 0 Å². The molecule has 0 radical (unpaired) electrons. The average Bonchev–Trinajstić information content (AvgIpc) is 2.32. The van der Waals surface area contributed by atoms with Gasteiger partial charge in [0.2, 0.25) is 0 Å². The van der Waals surface area contributed by atoms with E-state index in [0.29, 0.717) is 25.7 Å². The topological polar surface area (TPSA) is 81.0 Å². The molecule has 0 bridgehead atoms. The highest BCUT2D eigenvalue weighted by atomic mass is 16.4. The van der Waals surface area contributed by atoms with E-state index >= 15 is 0 Å². The fourth-order valence-electron chi connectivity index (χ4n) is 1.79. The molecule has 0 rings (SSSR count). The van der Waals surface area contributed by atoms with E-state index in [4.69, 9.17) is 5.11 Å². The Kier molecular flexibility index (Phi) is 10.1. The summed E-state index contributed by atoms with van der Waals surface area (Å²) in [4.78, 5) is 12.3. The second kappa shape index (κ2) is 10.7. The van der Waals surface area contributed by atoms with E-state index in [0.717, 1.165) is 0 Å². The largest absolute Gasteiger partial charge is 0.480 e. The van der Waals surface area contributed by atoms with Crippen LogP contribution in [0.15, 0.2) is 25.3 Å². The summed E-state index contributed by atoms with van der Waals surface area (Å²) in [7, 11) is 0. The summed E-state index contributed by atoms with van der Waals surface area (Å²) in [5.74, 6) is -0.966. The number of aliphatic hydroxyl groups excluding tert-OH is 2. The Balaban J connectivity index is 4.24. The zero-order valence-electron chi connectivity index (χ0n) is 11.4. The Hall–Kier alpha value is -1.17. The molecule has 2 unspecified atom stereocenters. The highest BCUT2D eigenvalue weighted by Crippen LogP contribution is 2.05. The lowest BCUT2D eigenvalue weighted by Gasteiger charge is -2.25. The van der Waals surface area contributed by atoms with Crippen molar-refractivity contribution in [3.8, 4) is 0 Å². The summed E-state index contributed by atoms with van der Waals surface area (Å²) in [6.45, 7) is 7.45. The third-order valence-electron chi connectivity index (χ3n) is 2.70. The van der Waals surface area contributed by atoms with Gasteiger partial charge in [-0.3, -0.25) is 9.69 Å². The lowest BCUT2D eigenvalue weighted by atomic mass is 10.1. The molecule has 3 N–H and O–H groups in total.